The van der Waals surface area contributed by atoms with Crippen LogP contribution in [0.4, 0.5) is 9.18 Å². The van der Waals surface area contributed by atoms with Crippen molar-refractivity contribution in [1.82, 2.24) is 0 Å². The normalized spacial score (nSPS) is 10.8. The highest BCUT2D eigenvalue weighted by atomic mass is 19.1. The lowest BCUT2D eigenvalue weighted by Crippen LogP contribution is -2.26. The van der Waals surface area contributed by atoms with Crippen LogP contribution in [0.25, 0.3) is 0 Å². The largest absolute Gasteiger partial charge is 0.514 e. The molecule has 0 bridgehead atoms. The van der Waals surface area contributed by atoms with Gasteiger partial charge in [-0.25, -0.2) is 9.18 Å². The molecule has 0 atom stereocenters. The number of hydrogen-bond acceptors (Lipinski definition) is 4. The smallest absolute Gasteiger partial charge is 0.428 e. The zero-order chi connectivity index (χ0) is 13.1. The monoisotopic (exact) mass is 240 g/mol. The van der Waals surface area contributed by atoms with Crippen LogP contribution >= 0.6 is 0 Å². The summed E-state index contributed by atoms with van der Waals surface area (Å²) in [6, 6.07) is 3.46. The Hall–Kier alpha value is -1.91. The van der Waals surface area contributed by atoms with E-state index in [1.54, 1.807) is 20.8 Å². The lowest BCUT2D eigenvalue weighted by Gasteiger charge is -2.18. The van der Waals surface area contributed by atoms with Crippen molar-refractivity contribution in [2.45, 2.75) is 26.4 Å². The lowest BCUT2D eigenvalue weighted by atomic mass is 10.2. The maximum absolute atomic E-state index is 13.3. The second-order valence-electron chi connectivity index (χ2n) is 4.37. The van der Waals surface area contributed by atoms with Crippen LogP contribution in [0.15, 0.2) is 18.2 Å². The molecule has 0 saturated heterocycles. The maximum atomic E-state index is 13.3. The SMILES string of the molecule is CC(C)(C)OC(=O)Oc1cc(C=O)ccc1F. The molecule has 0 amide bonds. The number of carbonyl (C=O) groups is 2. The molecule has 0 fully saturated rings. The summed E-state index contributed by atoms with van der Waals surface area (Å²) in [6.07, 6.45) is -0.485. The van der Waals surface area contributed by atoms with Crippen molar-refractivity contribution >= 4 is 12.4 Å². The fraction of sp³-hybridized carbons (Fsp3) is 0.333. The molecular formula is C12H13FO4. The van der Waals surface area contributed by atoms with Gasteiger partial charge in [-0.15, -0.1) is 0 Å². The average molecular weight is 240 g/mol. The van der Waals surface area contributed by atoms with Gasteiger partial charge in [0, 0.05) is 5.56 Å². The molecule has 4 nitrogen and oxygen atoms in total. The third-order valence-electron chi connectivity index (χ3n) is 1.67. The molecule has 0 unspecified atom stereocenters. The predicted octanol–water partition coefficient (Wildman–Crippen LogP) is 2.95. The summed E-state index contributed by atoms with van der Waals surface area (Å²) in [4.78, 5) is 21.8. The second kappa shape index (κ2) is 4.95. The standard InChI is InChI=1S/C12H13FO4/c1-12(2,3)17-11(15)16-10-6-8(7-14)4-5-9(10)13/h4-7H,1-3H3. The number of rotatable bonds is 2. The Morgan fingerprint density at radius 2 is 2.00 bits per heavy atom. The van der Waals surface area contributed by atoms with E-state index in [1.165, 1.54) is 6.07 Å². The summed E-state index contributed by atoms with van der Waals surface area (Å²) in [6.45, 7) is 4.98. The van der Waals surface area contributed by atoms with Crippen molar-refractivity contribution in [3.63, 3.8) is 0 Å². The van der Waals surface area contributed by atoms with Gasteiger partial charge in [0.15, 0.2) is 11.6 Å². The molecule has 0 heterocycles. The van der Waals surface area contributed by atoms with Crippen LogP contribution in [-0.4, -0.2) is 18.0 Å². The van der Waals surface area contributed by atoms with E-state index in [9.17, 15) is 14.0 Å². The Morgan fingerprint density at radius 1 is 1.35 bits per heavy atom. The van der Waals surface area contributed by atoms with Crippen LogP contribution in [0.3, 0.4) is 0 Å². The number of carbonyl (C=O) groups excluding carboxylic acids is 2. The second-order valence-corrected chi connectivity index (χ2v) is 4.37. The van der Waals surface area contributed by atoms with Gasteiger partial charge in [0.1, 0.15) is 11.9 Å². The van der Waals surface area contributed by atoms with E-state index in [0.29, 0.717) is 6.29 Å². The molecule has 0 N–H and O–H groups in total. The Morgan fingerprint density at radius 3 is 2.53 bits per heavy atom. The number of ether oxygens (including phenoxy) is 2. The summed E-state index contributed by atoms with van der Waals surface area (Å²) in [5.41, 5.74) is -0.513. The maximum Gasteiger partial charge on any atom is 0.514 e. The predicted molar refractivity (Wildman–Crippen MR) is 58.6 cm³/mol. The van der Waals surface area contributed by atoms with Gasteiger partial charge in [-0.05, 0) is 39.0 Å². The number of aldehydes is 1. The molecule has 0 aliphatic heterocycles. The van der Waals surface area contributed by atoms with Gasteiger partial charge in [0.05, 0.1) is 0 Å². The lowest BCUT2D eigenvalue weighted by molar-refractivity contribution is 0.0198. The summed E-state index contributed by atoms with van der Waals surface area (Å²) in [5.74, 6) is -1.06. The summed E-state index contributed by atoms with van der Waals surface area (Å²) < 4.78 is 22.8. The fourth-order valence-corrected chi connectivity index (χ4v) is 1.03. The highest BCUT2D eigenvalue weighted by Gasteiger charge is 2.19. The van der Waals surface area contributed by atoms with Gasteiger partial charge in [-0.1, -0.05) is 0 Å². The Balaban J connectivity index is 2.81. The van der Waals surface area contributed by atoms with E-state index in [2.05, 4.69) is 4.74 Å². The Kier molecular flexibility index (Phi) is 3.83. The molecule has 0 saturated carbocycles. The molecule has 17 heavy (non-hydrogen) atoms. The third-order valence-corrected chi connectivity index (χ3v) is 1.67. The van der Waals surface area contributed by atoms with E-state index in [1.807, 2.05) is 0 Å². The molecule has 0 radical (unpaired) electrons. The van der Waals surface area contributed by atoms with E-state index < -0.39 is 17.6 Å². The minimum absolute atomic E-state index is 0.213. The first-order valence-electron chi connectivity index (χ1n) is 4.97. The minimum Gasteiger partial charge on any atom is -0.428 e. The van der Waals surface area contributed by atoms with Crippen LogP contribution in [0.2, 0.25) is 0 Å². The minimum atomic E-state index is -1.01. The molecule has 0 spiro atoms. The van der Waals surface area contributed by atoms with Crippen molar-refractivity contribution < 1.29 is 23.5 Å². The zero-order valence-electron chi connectivity index (χ0n) is 9.82. The average Bonchev–Trinajstić information content (AvgIpc) is 2.18. The number of benzene rings is 1. The van der Waals surface area contributed by atoms with E-state index in [0.717, 1.165) is 12.1 Å². The van der Waals surface area contributed by atoms with Crippen LogP contribution in [0, 0.1) is 5.82 Å². The van der Waals surface area contributed by atoms with Crippen molar-refractivity contribution in [3.05, 3.63) is 29.6 Å². The first-order chi connectivity index (χ1) is 7.81. The van der Waals surface area contributed by atoms with Crippen molar-refractivity contribution in [3.8, 4) is 5.75 Å². The topological polar surface area (TPSA) is 52.6 Å². The van der Waals surface area contributed by atoms with Gasteiger partial charge in [-0.3, -0.25) is 4.79 Å². The van der Waals surface area contributed by atoms with E-state index in [-0.39, 0.29) is 11.3 Å². The molecular weight excluding hydrogens is 227 g/mol. The molecule has 0 aromatic heterocycles. The van der Waals surface area contributed by atoms with E-state index >= 15 is 0 Å². The van der Waals surface area contributed by atoms with Gasteiger partial charge >= 0.3 is 6.16 Å². The number of hydrogen-bond donors (Lipinski definition) is 0. The molecule has 1 rings (SSSR count). The van der Waals surface area contributed by atoms with Gasteiger partial charge in [-0.2, -0.15) is 0 Å². The highest BCUT2D eigenvalue weighted by molar-refractivity contribution is 5.76. The molecule has 1 aromatic carbocycles. The summed E-state index contributed by atoms with van der Waals surface area (Å²) in [5, 5.41) is 0. The van der Waals surface area contributed by atoms with Crippen LogP contribution in [0.1, 0.15) is 31.1 Å². The molecule has 0 aliphatic carbocycles. The van der Waals surface area contributed by atoms with Crippen molar-refractivity contribution in [1.29, 1.82) is 0 Å². The van der Waals surface area contributed by atoms with Gasteiger partial charge < -0.3 is 9.47 Å². The van der Waals surface area contributed by atoms with Gasteiger partial charge in [0.2, 0.25) is 0 Å². The first kappa shape index (κ1) is 13.2. The van der Waals surface area contributed by atoms with Crippen molar-refractivity contribution in [2.24, 2.45) is 0 Å². The molecule has 92 valence electrons. The Labute approximate surface area is 98.3 Å². The molecule has 1 aromatic rings. The fourth-order valence-electron chi connectivity index (χ4n) is 1.03. The summed E-state index contributed by atoms with van der Waals surface area (Å²) >= 11 is 0. The third kappa shape index (κ3) is 4.22. The summed E-state index contributed by atoms with van der Waals surface area (Å²) in [7, 11) is 0. The first-order valence-corrected chi connectivity index (χ1v) is 4.97. The van der Waals surface area contributed by atoms with E-state index in [4.69, 9.17) is 4.74 Å². The Bertz CT molecular complexity index is 435. The zero-order valence-corrected chi connectivity index (χ0v) is 9.82. The van der Waals surface area contributed by atoms with Crippen LogP contribution in [0.5, 0.6) is 5.75 Å². The van der Waals surface area contributed by atoms with Gasteiger partial charge in [0.25, 0.3) is 0 Å². The molecule has 0 aliphatic rings. The number of halogens is 1. The van der Waals surface area contributed by atoms with Crippen LogP contribution in [-0.2, 0) is 4.74 Å². The van der Waals surface area contributed by atoms with Crippen LogP contribution < -0.4 is 4.74 Å². The van der Waals surface area contributed by atoms with Crippen molar-refractivity contribution in [2.75, 3.05) is 0 Å². The molecule has 5 heteroatoms. The quantitative estimate of drug-likeness (QED) is 0.453. The highest BCUT2D eigenvalue weighted by Crippen LogP contribution is 2.19.